The highest BCUT2D eigenvalue weighted by atomic mass is 16.2. The van der Waals surface area contributed by atoms with Crippen LogP contribution in [0.15, 0.2) is 41.7 Å². The fraction of sp³-hybridized carbons (Fsp3) is 0.333. The molecule has 2 N–H and O–H groups in total. The number of imide groups is 1. The lowest BCUT2D eigenvalue weighted by Gasteiger charge is -2.29. The Morgan fingerprint density at radius 3 is 2.35 bits per heavy atom. The summed E-state index contributed by atoms with van der Waals surface area (Å²) in [6.07, 6.45) is 3.30. The average molecular weight is 271 g/mol. The predicted octanol–water partition coefficient (Wildman–Crippen LogP) is 1.45. The smallest absolute Gasteiger partial charge is 0.276 e. The normalized spacial score (nSPS) is 19.3. The lowest BCUT2D eigenvalue weighted by atomic mass is 10.1. The standard InChI is InChI=1S/C15H17N3O2/c19-14-12(16-11-7-3-1-4-8-11)13(15(20)17-14)18-9-5-2-6-10-18/h1,3-4,7-8H,2,5-6,9-10H2,(H2,16,17,19,20). The number of nitrogens with one attached hydrogen (secondary N) is 2. The van der Waals surface area contributed by atoms with Gasteiger partial charge in [-0.15, -0.1) is 0 Å². The SMILES string of the molecule is O=C1NC(=O)C(N2CCCCC2)=C1Nc1ccccc1. The van der Waals surface area contributed by atoms with Crippen molar-refractivity contribution in [3.05, 3.63) is 41.7 Å². The van der Waals surface area contributed by atoms with E-state index in [-0.39, 0.29) is 11.8 Å². The molecule has 5 heteroatoms. The topological polar surface area (TPSA) is 61.4 Å². The predicted molar refractivity (Wildman–Crippen MR) is 75.7 cm³/mol. The van der Waals surface area contributed by atoms with Crippen LogP contribution in [0.2, 0.25) is 0 Å². The number of hydrogen-bond acceptors (Lipinski definition) is 4. The average Bonchev–Trinajstić information content (AvgIpc) is 2.75. The summed E-state index contributed by atoms with van der Waals surface area (Å²) in [5.74, 6) is -0.644. The number of benzene rings is 1. The Morgan fingerprint density at radius 1 is 0.950 bits per heavy atom. The molecule has 2 aliphatic heterocycles. The molecule has 1 aromatic rings. The van der Waals surface area contributed by atoms with E-state index in [1.165, 1.54) is 6.42 Å². The Bertz CT molecular complexity index is 560. The van der Waals surface area contributed by atoms with Crippen molar-refractivity contribution in [1.82, 2.24) is 10.2 Å². The highest BCUT2D eigenvalue weighted by Crippen LogP contribution is 2.23. The number of piperidine rings is 1. The summed E-state index contributed by atoms with van der Waals surface area (Å²) >= 11 is 0. The van der Waals surface area contributed by atoms with Gasteiger partial charge in [0.1, 0.15) is 11.4 Å². The van der Waals surface area contributed by atoms with Crippen molar-refractivity contribution in [2.24, 2.45) is 0 Å². The van der Waals surface area contributed by atoms with Crippen LogP contribution in [0.3, 0.4) is 0 Å². The van der Waals surface area contributed by atoms with Crippen molar-refractivity contribution in [1.29, 1.82) is 0 Å². The van der Waals surface area contributed by atoms with Crippen LogP contribution in [-0.2, 0) is 9.59 Å². The van der Waals surface area contributed by atoms with Crippen LogP contribution >= 0.6 is 0 Å². The molecule has 0 unspecified atom stereocenters. The number of hydrogen-bond donors (Lipinski definition) is 2. The summed E-state index contributed by atoms with van der Waals surface area (Å²) in [6.45, 7) is 1.66. The van der Waals surface area contributed by atoms with Gasteiger partial charge in [0.15, 0.2) is 0 Å². The van der Waals surface area contributed by atoms with Crippen LogP contribution in [0.25, 0.3) is 0 Å². The van der Waals surface area contributed by atoms with Gasteiger partial charge in [-0.2, -0.15) is 0 Å². The Labute approximate surface area is 117 Å². The highest BCUT2D eigenvalue weighted by molar-refractivity contribution is 6.20. The van der Waals surface area contributed by atoms with Crippen molar-refractivity contribution in [3.8, 4) is 0 Å². The van der Waals surface area contributed by atoms with Gasteiger partial charge >= 0.3 is 0 Å². The van der Waals surface area contributed by atoms with Crippen LogP contribution in [0.4, 0.5) is 5.69 Å². The van der Waals surface area contributed by atoms with E-state index >= 15 is 0 Å². The summed E-state index contributed by atoms with van der Waals surface area (Å²) < 4.78 is 0. The minimum absolute atomic E-state index is 0.296. The van der Waals surface area contributed by atoms with E-state index in [0.29, 0.717) is 11.4 Å². The third-order valence-electron chi connectivity index (χ3n) is 3.62. The number of anilines is 1. The molecular weight excluding hydrogens is 254 g/mol. The monoisotopic (exact) mass is 271 g/mol. The van der Waals surface area contributed by atoms with Crippen molar-refractivity contribution in [2.75, 3.05) is 18.4 Å². The third-order valence-corrected chi connectivity index (χ3v) is 3.62. The van der Waals surface area contributed by atoms with Crippen LogP contribution in [0.5, 0.6) is 0 Å². The maximum Gasteiger partial charge on any atom is 0.276 e. The van der Waals surface area contributed by atoms with Crippen LogP contribution in [0, 0.1) is 0 Å². The van der Waals surface area contributed by atoms with Gasteiger partial charge in [0.25, 0.3) is 11.8 Å². The van der Waals surface area contributed by atoms with Gasteiger partial charge in [0, 0.05) is 18.8 Å². The second kappa shape index (κ2) is 5.36. The summed E-state index contributed by atoms with van der Waals surface area (Å²) in [5, 5.41) is 5.45. The number of carbonyl (C=O) groups excluding carboxylic acids is 2. The Kier molecular flexibility index (Phi) is 3.41. The largest absolute Gasteiger partial charge is 0.365 e. The lowest BCUT2D eigenvalue weighted by Crippen LogP contribution is -2.34. The zero-order valence-corrected chi connectivity index (χ0v) is 11.2. The van der Waals surface area contributed by atoms with Gasteiger partial charge in [-0.05, 0) is 31.4 Å². The van der Waals surface area contributed by atoms with E-state index in [2.05, 4.69) is 10.6 Å². The first-order chi connectivity index (χ1) is 9.75. The quantitative estimate of drug-likeness (QED) is 0.817. The van der Waals surface area contributed by atoms with Crippen molar-refractivity contribution in [3.63, 3.8) is 0 Å². The van der Waals surface area contributed by atoms with Crippen molar-refractivity contribution in [2.45, 2.75) is 19.3 Å². The third kappa shape index (κ3) is 2.39. The van der Waals surface area contributed by atoms with Gasteiger partial charge in [-0.1, -0.05) is 18.2 Å². The molecule has 104 valence electrons. The van der Waals surface area contributed by atoms with E-state index < -0.39 is 0 Å². The molecule has 0 atom stereocenters. The molecule has 2 heterocycles. The number of rotatable bonds is 3. The number of amides is 2. The molecule has 5 nitrogen and oxygen atoms in total. The summed E-state index contributed by atoms with van der Waals surface area (Å²) in [4.78, 5) is 26.0. The van der Waals surface area contributed by atoms with Gasteiger partial charge in [-0.3, -0.25) is 14.9 Å². The zero-order valence-electron chi connectivity index (χ0n) is 11.2. The van der Waals surface area contributed by atoms with E-state index in [1.807, 2.05) is 35.2 Å². The lowest BCUT2D eigenvalue weighted by molar-refractivity contribution is -0.124. The molecule has 2 amide bonds. The minimum Gasteiger partial charge on any atom is -0.365 e. The Morgan fingerprint density at radius 2 is 1.65 bits per heavy atom. The van der Waals surface area contributed by atoms with Gasteiger partial charge in [-0.25, -0.2) is 0 Å². The maximum atomic E-state index is 12.0. The summed E-state index contributed by atoms with van der Waals surface area (Å²) in [6, 6.07) is 9.43. The first-order valence-electron chi connectivity index (χ1n) is 6.92. The zero-order chi connectivity index (χ0) is 13.9. The Hall–Kier alpha value is -2.30. The second-order valence-corrected chi connectivity index (χ2v) is 5.05. The maximum absolute atomic E-state index is 12.0. The van der Waals surface area contributed by atoms with Gasteiger partial charge in [0.05, 0.1) is 0 Å². The molecule has 20 heavy (non-hydrogen) atoms. The first-order valence-corrected chi connectivity index (χ1v) is 6.92. The molecule has 0 bridgehead atoms. The minimum atomic E-state index is -0.348. The molecule has 1 saturated heterocycles. The molecule has 0 aliphatic carbocycles. The fourth-order valence-corrected chi connectivity index (χ4v) is 2.65. The fourth-order valence-electron chi connectivity index (χ4n) is 2.65. The molecular formula is C15H17N3O2. The van der Waals surface area contributed by atoms with E-state index in [4.69, 9.17) is 0 Å². The molecule has 0 aromatic heterocycles. The number of para-hydroxylation sites is 1. The molecule has 0 radical (unpaired) electrons. The van der Waals surface area contributed by atoms with Crippen molar-refractivity contribution < 1.29 is 9.59 Å². The molecule has 0 saturated carbocycles. The first kappa shape index (κ1) is 12.7. The Balaban J connectivity index is 1.91. The van der Waals surface area contributed by atoms with Crippen LogP contribution in [-0.4, -0.2) is 29.8 Å². The molecule has 3 rings (SSSR count). The number of likely N-dealkylation sites (tertiary alicyclic amines) is 1. The summed E-state index contributed by atoms with van der Waals surface area (Å²) in [5.41, 5.74) is 1.66. The molecule has 2 aliphatic rings. The van der Waals surface area contributed by atoms with Crippen LogP contribution < -0.4 is 10.6 Å². The molecule has 1 fully saturated rings. The van der Waals surface area contributed by atoms with Gasteiger partial charge < -0.3 is 10.2 Å². The van der Waals surface area contributed by atoms with E-state index in [9.17, 15) is 9.59 Å². The van der Waals surface area contributed by atoms with E-state index in [1.54, 1.807) is 0 Å². The number of nitrogens with zero attached hydrogens (tertiary/aromatic N) is 1. The van der Waals surface area contributed by atoms with Crippen LogP contribution in [0.1, 0.15) is 19.3 Å². The summed E-state index contributed by atoms with van der Waals surface area (Å²) in [7, 11) is 0. The van der Waals surface area contributed by atoms with Crippen molar-refractivity contribution >= 4 is 17.5 Å². The molecule has 1 aromatic carbocycles. The van der Waals surface area contributed by atoms with Gasteiger partial charge in [0.2, 0.25) is 0 Å². The highest BCUT2D eigenvalue weighted by Gasteiger charge is 2.34. The number of carbonyl (C=O) groups is 2. The second-order valence-electron chi connectivity index (χ2n) is 5.05. The van der Waals surface area contributed by atoms with E-state index in [0.717, 1.165) is 31.6 Å². The molecule has 0 spiro atoms.